The summed E-state index contributed by atoms with van der Waals surface area (Å²) in [5, 5.41) is 8.51. The molecule has 0 unspecified atom stereocenters. The number of carboxylic acid groups (broad SMARTS) is 1. The highest BCUT2D eigenvalue weighted by molar-refractivity contribution is 7.90. The molecule has 0 saturated carbocycles. The summed E-state index contributed by atoms with van der Waals surface area (Å²) in [5.74, 6) is -1.09. The normalized spacial score (nSPS) is 13.2. The van der Waals surface area contributed by atoms with Crippen LogP contribution in [0.1, 0.15) is 31.2 Å². The SMILES string of the molecule is CCCc1cc(CC[C@H](N)C(=O)O)nc(S(C)(=O)=O)n1. The molecule has 0 aromatic carbocycles. The van der Waals surface area contributed by atoms with E-state index in [1.165, 1.54) is 0 Å². The van der Waals surface area contributed by atoms with Crippen molar-refractivity contribution in [3.8, 4) is 0 Å². The van der Waals surface area contributed by atoms with Crippen LogP contribution in [0.15, 0.2) is 11.2 Å². The second-order valence-corrected chi connectivity index (χ2v) is 6.55. The van der Waals surface area contributed by atoms with Crippen LogP contribution in [0.3, 0.4) is 0 Å². The third-order valence-corrected chi connectivity index (χ3v) is 3.52. The summed E-state index contributed by atoms with van der Waals surface area (Å²) in [6, 6.07) is 0.716. The Morgan fingerprint density at radius 1 is 1.35 bits per heavy atom. The molecule has 1 rings (SSSR count). The van der Waals surface area contributed by atoms with Crippen molar-refractivity contribution in [2.24, 2.45) is 5.73 Å². The van der Waals surface area contributed by atoms with Gasteiger partial charge in [0.15, 0.2) is 0 Å². The summed E-state index contributed by atoms with van der Waals surface area (Å²) < 4.78 is 23.1. The van der Waals surface area contributed by atoms with Gasteiger partial charge in [0.25, 0.3) is 0 Å². The van der Waals surface area contributed by atoms with Crippen molar-refractivity contribution in [2.75, 3.05) is 6.26 Å². The van der Waals surface area contributed by atoms with Crippen molar-refractivity contribution in [3.63, 3.8) is 0 Å². The first kappa shape index (κ1) is 16.5. The topological polar surface area (TPSA) is 123 Å². The summed E-state index contributed by atoms with van der Waals surface area (Å²) in [7, 11) is -3.49. The molecule has 0 fully saturated rings. The fourth-order valence-corrected chi connectivity index (χ4v) is 2.20. The van der Waals surface area contributed by atoms with Crippen molar-refractivity contribution in [1.29, 1.82) is 0 Å². The molecule has 7 nitrogen and oxygen atoms in total. The van der Waals surface area contributed by atoms with Crippen molar-refractivity contribution >= 4 is 15.8 Å². The highest BCUT2D eigenvalue weighted by Gasteiger charge is 2.16. The zero-order valence-electron chi connectivity index (χ0n) is 11.5. The number of nitrogens with two attached hydrogens (primary N) is 1. The van der Waals surface area contributed by atoms with Gasteiger partial charge in [-0.05, 0) is 25.3 Å². The minimum atomic E-state index is -3.49. The maximum atomic E-state index is 11.5. The molecule has 1 aromatic rings. The van der Waals surface area contributed by atoms with E-state index in [1.54, 1.807) is 6.07 Å². The largest absolute Gasteiger partial charge is 0.480 e. The molecule has 3 N–H and O–H groups in total. The van der Waals surface area contributed by atoms with E-state index >= 15 is 0 Å². The minimum Gasteiger partial charge on any atom is -0.480 e. The van der Waals surface area contributed by atoms with E-state index in [0.29, 0.717) is 24.2 Å². The molecule has 0 bridgehead atoms. The third-order valence-electron chi connectivity index (χ3n) is 2.68. The molecule has 1 heterocycles. The Hall–Kier alpha value is -1.54. The van der Waals surface area contributed by atoms with Gasteiger partial charge in [-0.25, -0.2) is 18.4 Å². The molecule has 112 valence electrons. The number of nitrogens with zero attached hydrogens (tertiary/aromatic N) is 2. The predicted molar refractivity (Wildman–Crippen MR) is 73.1 cm³/mol. The first-order chi connectivity index (χ1) is 9.24. The second-order valence-electron chi connectivity index (χ2n) is 4.64. The molecule has 8 heteroatoms. The summed E-state index contributed by atoms with van der Waals surface area (Å²) >= 11 is 0. The van der Waals surface area contributed by atoms with Gasteiger partial charge in [-0.3, -0.25) is 4.79 Å². The van der Waals surface area contributed by atoms with Gasteiger partial charge in [0, 0.05) is 17.6 Å². The number of hydrogen-bond acceptors (Lipinski definition) is 6. The summed E-state index contributed by atoms with van der Waals surface area (Å²) in [6.45, 7) is 1.96. The molecule has 1 atom stereocenters. The van der Waals surface area contributed by atoms with Gasteiger partial charge < -0.3 is 10.8 Å². The highest BCUT2D eigenvalue weighted by atomic mass is 32.2. The number of aryl methyl sites for hydroxylation is 2. The fraction of sp³-hybridized carbons (Fsp3) is 0.583. The Labute approximate surface area is 118 Å². The molecule has 0 radical (unpaired) electrons. The number of sulfone groups is 1. The van der Waals surface area contributed by atoms with Crippen molar-refractivity contribution < 1.29 is 18.3 Å². The molecule has 0 aliphatic heterocycles. The Bertz CT molecular complexity index is 586. The van der Waals surface area contributed by atoms with Crippen LogP contribution in [0.4, 0.5) is 0 Å². The number of hydrogen-bond donors (Lipinski definition) is 2. The van der Waals surface area contributed by atoms with Crippen LogP contribution < -0.4 is 5.73 Å². The average Bonchev–Trinajstić information content (AvgIpc) is 2.35. The first-order valence-electron chi connectivity index (χ1n) is 6.29. The number of aromatic nitrogens is 2. The molecule has 0 spiro atoms. The standard InChI is InChI=1S/C12H19N3O4S/c1-3-4-8-7-9(5-6-10(13)11(16)17)15-12(14-8)20(2,18)19/h7,10H,3-6,13H2,1-2H3,(H,16,17)/t10-/m0/s1. The van der Waals surface area contributed by atoms with Crippen LogP contribution in [-0.4, -0.2) is 41.8 Å². The number of rotatable bonds is 7. The van der Waals surface area contributed by atoms with E-state index in [1.807, 2.05) is 6.92 Å². The average molecular weight is 301 g/mol. The molecule has 0 saturated heterocycles. The Morgan fingerprint density at radius 3 is 2.35 bits per heavy atom. The van der Waals surface area contributed by atoms with Gasteiger partial charge >= 0.3 is 5.97 Å². The molecule has 1 aromatic heterocycles. The fourth-order valence-electron chi connectivity index (χ4n) is 1.63. The van der Waals surface area contributed by atoms with Crippen LogP contribution >= 0.6 is 0 Å². The van der Waals surface area contributed by atoms with Gasteiger partial charge in [-0.2, -0.15) is 0 Å². The quantitative estimate of drug-likeness (QED) is 0.688. The second kappa shape index (κ2) is 6.76. The molecular formula is C12H19N3O4S. The third kappa shape index (κ3) is 4.86. The van der Waals surface area contributed by atoms with Crippen LogP contribution in [0.5, 0.6) is 0 Å². The lowest BCUT2D eigenvalue weighted by Gasteiger charge is -2.08. The van der Waals surface area contributed by atoms with Gasteiger partial charge in [-0.15, -0.1) is 0 Å². The van der Waals surface area contributed by atoms with Gasteiger partial charge in [0.2, 0.25) is 15.0 Å². The molecule has 0 aliphatic rings. The lowest BCUT2D eigenvalue weighted by atomic mass is 10.1. The van der Waals surface area contributed by atoms with Gasteiger partial charge in [-0.1, -0.05) is 13.3 Å². The van der Waals surface area contributed by atoms with E-state index in [4.69, 9.17) is 10.8 Å². The molecule has 20 heavy (non-hydrogen) atoms. The lowest BCUT2D eigenvalue weighted by molar-refractivity contribution is -0.138. The Morgan fingerprint density at radius 2 is 1.90 bits per heavy atom. The predicted octanol–water partition coefficient (Wildman–Crippen LogP) is 0.177. The van der Waals surface area contributed by atoms with Crippen molar-refractivity contribution in [2.45, 2.75) is 43.8 Å². The van der Waals surface area contributed by atoms with Crippen LogP contribution in [0.2, 0.25) is 0 Å². The van der Waals surface area contributed by atoms with E-state index in [9.17, 15) is 13.2 Å². The smallest absolute Gasteiger partial charge is 0.320 e. The first-order valence-corrected chi connectivity index (χ1v) is 8.18. The Balaban J connectivity index is 3.00. The highest BCUT2D eigenvalue weighted by Crippen LogP contribution is 2.11. The van der Waals surface area contributed by atoms with E-state index in [-0.39, 0.29) is 11.6 Å². The number of carbonyl (C=O) groups is 1. The van der Waals surface area contributed by atoms with E-state index < -0.39 is 21.8 Å². The van der Waals surface area contributed by atoms with Gasteiger partial charge in [0.1, 0.15) is 6.04 Å². The maximum absolute atomic E-state index is 11.5. The molecular weight excluding hydrogens is 282 g/mol. The summed E-state index contributed by atoms with van der Waals surface area (Å²) in [6.07, 6.45) is 3.01. The molecule has 0 aliphatic carbocycles. The zero-order chi connectivity index (χ0) is 15.3. The zero-order valence-corrected chi connectivity index (χ0v) is 12.4. The van der Waals surface area contributed by atoms with E-state index in [2.05, 4.69) is 9.97 Å². The number of aliphatic carboxylic acids is 1. The lowest BCUT2D eigenvalue weighted by Crippen LogP contribution is -2.30. The monoisotopic (exact) mass is 301 g/mol. The van der Waals surface area contributed by atoms with Crippen molar-refractivity contribution in [3.05, 3.63) is 17.5 Å². The van der Waals surface area contributed by atoms with Crippen molar-refractivity contribution in [1.82, 2.24) is 9.97 Å². The van der Waals surface area contributed by atoms with Crippen LogP contribution in [-0.2, 0) is 27.5 Å². The summed E-state index contributed by atoms with van der Waals surface area (Å²) in [5.41, 5.74) is 6.56. The maximum Gasteiger partial charge on any atom is 0.320 e. The minimum absolute atomic E-state index is 0.196. The molecule has 0 amide bonds. The van der Waals surface area contributed by atoms with E-state index in [0.717, 1.165) is 12.7 Å². The Kier molecular flexibility index (Phi) is 5.58. The number of carboxylic acids is 1. The van der Waals surface area contributed by atoms with Crippen LogP contribution in [0.25, 0.3) is 0 Å². The van der Waals surface area contributed by atoms with Gasteiger partial charge in [0.05, 0.1) is 0 Å². The van der Waals surface area contributed by atoms with Crippen LogP contribution in [0, 0.1) is 0 Å². The summed E-state index contributed by atoms with van der Waals surface area (Å²) in [4.78, 5) is 18.6.